The van der Waals surface area contributed by atoms with Crippen LogP contribution in [0.4, 0.5) is 0 Å². The third-order valence-corrected chi connectivity index (χ3v) is 2.74. The van der Waals surface area contributed by atoms with E-state index in [1.165, 1.54) is 6.08 Å². The third-order valence-electron chi connectivity index (χ3n) is 2.74. The molecule has 0 atom stereocenters. The van der Waals surface area contributed by atoms with Gasteiger partial charge in [-0.3, -0.25) is 4.79 Å². The van der Waals surface area contributed by atoms with Crippen LogP contribution in [0.1, 0.15) is 26.4 Å². The zero-order valence-corrected chi connectivity index (χ0v) is 8.15. The van der Waals surface area contributed by atoms with Crippen molar-refractivity contribution in [2.24, 2.45) is 0 Å². The molecule has 0 bridgehead atoms. The SMILES string of the molecule is O=C(O)c1cc2c3c(ccc2[nH]1)C(=O)C=C3. The van der Waals surface area contributed by atoms with Crippen LogP contribution in [-0.2, 0) is 0 Å². The average molecular weight is 213 g/mol. The average Bonchev–Trinajstić information content (AvgIpc) is 2.81. The Kier molecular flexibility index (Phi) is 1.57. The number of carboxylic acids is 1. The van der Waals surface area contributed by atoms with E-state index in [2.05, 4.69) is 4.98 Å². The Morgan fingerprint density at radius 2 is 2.06 bits per heavy atom. The van der Waals surface area contributed by atoms with Crippen molar-refractivity contribution < 1.29 is 14.7 Å². The van der Waals surface area contributed by atoms with Crippen LogP contribution < -0.4 is 0 Å². The van der Waals surface area contributed by atoms with E-state index in [0.29, 0.717) is 5.56 Å². The Bertz CT molecular complexity index is 664. The van der Waals surface area contributed by atoms with E-state index in [4.69, 9.17) is 5.11 Å². The number of hydrogen-bond acceptors (Lipinski definition) is 2. The number of carbonyl (C=O) groups is 2. The molecule has 0 saturated carbocycles. The van der Waals surface area contributed by atoms with Gasteiger partial charge in [-0.25, -0.2) is 4.79 Å². The number of rotatable bonds is 1. The number of aromatic carboxylic acids is 1. The summed E-state index contributed by atoms with van der Waals surface area (Å²) in [5, 5.41) is 9.65. The van der Waals surface area contributed by atoms with Gasteiger partial charge >= 0.3 is 5.97 Å². The molecule has 0 radical (unpaired) electrons. The molecule has 78 valence electrons. The minimum atomic E-state index is -1.00. The topological polar surface area (TPSA) is 70.2 Å². The van der Waals surface area contributed by atoms with Crippen LogP contribution in [-0.4, -0.2) is 21.8 Å². The number of benzene rings is 1. The second kappa shape index (κ2) is 2.82. The number of carbonyl (C=O) groups excluding carboxylic acids is 1. The van der Waals surface area contributed by atoms with Crippen molar-refractivity contribution in [1.29, 1.82) is 0 Å². The number of H-pyrrole nitrogens is 1. The molecule has 0 unspecified atom stereocenters. The smallest absolute Gasteiger partial charge is 0.352 e. The monoisotopic (exact) mass is 213 g/mol. The predicted octanol–water partition coefficient (Wildman–Crippen LogP) is 2.08. The number of aromatic amines is 1. The molecule has 16 heavy (non-hydrogen) atoms. The summed E-state index contributed by atoms with van der Waals surface area (Å²) in [6.07, 6.45) is 3.22. The van der Waals surface area contributed by atoms with E-state index in [1.807, 2.05) is 0 Å². The molecule has 1 aliphatic rings. The summed E-state index contributed by atoms with van der Waals surface area (Å²) in [6.45, 7) is 0. The molecular weight excluding hydrogens is 206 g/mol. The lowest BCUT2D eigenvalue weighted by Gasteiger charge is -1.97. The maximum atomic E-state index is 11.4. The lowest BCUT2D eigenvalue weighted by Crippen LogP contribution is -1.94. The molecule has 0 aliphatic heterocycles. The minimum absolute atomic E-state index is 0.0324. The molecule has 1 aromatic carbocycles. The number of ketones is 1. The molecule has 0 spiro atoms. The lowest BCUT2D eigenvalue weighted by atomic mass is 10.1. The van der Waals surface area contributed by atoms with Crippen molar-refractivity contribution in [1.82, 2.24) is 4.98 Å². The number of carboxylic acid groups (broad SMARTS) is 1. The highest BCUT2D eigenvalue weighted by Gasteiger charge is 2.18. The van der Waals surface area contributed by atoms with Gasteiger partial charge in [0.15, 0.2) is 5.78 Å². The van der Waals surface area contributed by atoms with Crippen molar-refractivity contribution >= 4 is 28.7 Å². The number of hydrogen-bond donors (Lipinski definition) is 2. The fourth-order valence-electron chi connectivity index (χ4n) is 1.98. The second-order valence-corrected chi connectivity index (χ2v) is 3.67. The molecule has 1 aromatic heterocycles. The van der Waals surface area contributed by atoms with Crippen LogP contribution >= 0.6 is 0 Å². The van der Waals surface area contributed by atoms with Gasteiger partial charge in [0.25, 0.3) is 0 Å². The number of fused-ring (bicyclic) bond motifs is 3. The fraction of sp³-hybridized carbons (Fsp3) is 0. The van der Waals surface area contributed by atoms with Crippen molar-refractivity contribution in [2.45, 2.75) is 0 Å². The molecule has 4 nitrogen and oxygen atoms in total. The quantitative estimate of drug-likeness (QED) is 0.761. The van der Waals surface area contributed by atoms with Crippen molar-refractivity contribution in [3.8, 4) is 0 Å². The lowest BCUT2D eigenvalue weighted by molar-refractivity contribution is 0.0691. The van der Waals surface area contributed by atoms with Gasteiger partial charge in [0, 0.05) is 16.5 Å². The molecule has 1 aliphatic carbocycles. The molecular formula is C12H7NO3. The van der Waals surface area contributed by atoms with Gasteiger partial charge in [-0.15, -0.1) is 0 Å². The van der Waals surface area contributed by atoms with Gasteiger partial charge in [-0.1, -0.05) is 0 Å². The third kappa shape index (κ3) is 1.04. The zero-order chi connectivity index (χ0) is 11.3. The molecule has 0 amide bonds. The number of aromatic nitrogens is 1. The Morgan fingerprint density at radius 3 is 2.81 bits per heavy atom. The van der Waals surface area contributed by atoms with E-state index in [1.54, 1.807) is 24.3 Å². The Morgan fingerprint density at radius 1 is 1.25 bits per heavy atom. The summed E-state index contributed by atoms with van der Waals surface area (Å²) in [5.41, 5.74) is 2.29. The maximum Gasteiger partial charge on any atom is 0.352 e. The molecule has 0 fully saturated rings. The molecule has 4 heteroatoms. The highest BCUT2D eigenvalue weighted by molar-refractivity contribution is 6.18. The van der Waals surface area contributed by atoms with E-state index < -0.39 is 5.97 Å². The normalized spacial score (nSPS) is 13.4. The Balaban J connectivity index is 2.37. The van der Waals surface area contributed by atoms with Gasteiger partial charge in [-0.05, 0) is 35.9 Å². The zero-order valence-electron chi connectivity index (χ0n) is 8.15. The summed E-state index contributed by atoms with van der Waals surface area (Å²) < 4.78 is 0. The van der Waals surface area contributed by atoms with Crippen LogP contribution in [0, 0.1) is 0 Å². The van der Waals surface area contributed by atoms with Crippen LogP contribution in [0.5, 0.6) is 0 Å². The molecule has 0 saturated heterocycles. The summed E-state index contributed by atoms with van der Waals surface area (Å²) in [7, 11) is 0. The standard InChI is InChI=1S/C12H7NO3/c14-11-4-2-6-7(11)1-3-9-8(6)5-10(13-9)12(15)16/h1-5,13H,(H,15,16). The Labute approximate surface area is 90.2 Å². The van der Waals surface area contributed by atoms with Crippen LogP contribution in [0.3, 0.4) is 0 Å². The first-order valence-electron chi connectivity index (χ1n) is 4.78. The second-order valence-electron chi connectivity index (χ2n) is 3.67. The van der Waals surface area contributed by atoms with E-state index in [0.717, 1.165) is 16.5 Å². The van der Waals surface area contributed by atoms with E-state index in [-0.39, 0.29) is 11.5 Å². The summed E-state index contributed by atoms with van der Waals surface area (Å²) in [4.78, 5) is 25.1. The van der Waals surface area contributed by atoms with Crippen LogP contribution in [0.25, 0.3) is 17.0 Å². The van der Waals surface area contributed by atoms with Crippen molar-refractivity contribution in [3.05, 3.63) is 41.1 Å². The molecule has 3 rings (SSSR count). The number of allylic oxidation sites excluding steroid dienone is 1. The largest absolute Gasteiger partial charge is 0.477 e. The van der Waals surface area contributed by atoms with Gasteiger partial charge in [0.05, 0.1) is 0 Å². The van der Waals surface area contributed by atoms with Crippen molar-refractivity contribution in [3.63, 3.8) is 0 Å². The highest BCUT2D eigenvalue weighted by atomic mass is 16.4. The summed E-state index contributed by atoms with van der Waals surface area (Å²) in [6, 6.07) is 4.99. The maximum absolute atomic E-state index is 11.4. The van der Waals surface area contributed by atoms with Gasteiger partial charge in [-0.2, -0.15) is 0 Å². The molecule has 2 N–H and O–H groups in total. The fourth-order valence-corrected chi connectivity index (χ4v) is 1.98. The predicted molar refractivity (Wildman–Crippen MR) is 58.6 cm³/mol. The highest BCUT2D eigenvalue weighted by Crippen LogP contribution is 2.28. The summed E-state index contributed by atoms with van der Waals surface area (Å²) >= 11 is 0. The van der Waals surface area contributed by atoms with Gasteiger partial charge < -0.3 is 10.1 Å². The first kappa shape index (κ1) is 8.91. The van der Waals surface area contributed by atoms with E-state index in [9.17, 15) is 9.59 Å². The first-order valence-corrected chi connectivity index (χ1v) is 4.78. The van der Waals surface area contributed by atoms with Gasteiger partial charge in [0.2, 0.25) is 0 Å². The number of nitrogens with one attached hydrogen (secondary N) is 1. The van der Waals surface area contributed by atoms with E-state index >= 15 is 0 Å². The Hall–Kier alpha value is -2.36. The minimum Gasteiger partial charge on any atom is -0.477 e. The first-order chi connectivity index (χ1) is 7.66. The molecule has 2 aromatic rings. The summed E-state index contributed by atoms with van der Waals surface area (Å²) in [5.74, 6) is -1.03. The van der Waals surface area contributed by atoms with Gasteiger partial charge in [0.1, 0.15) is 5.69 Å². The van der Waals surface area contributed by atoms with Crippen molar-refractivity contribution in [2.75, 3.05) is 0 Å². The van der Waals surface area contributed by atoms with Crippen LogP contribution in [0.15, 0.2) is 24.3 Å². The molecule has 1 heterocycles. The van der Waals surface area contributed by atoms with Crippen LogP contribution in [0.2, 0.25) is 0 Å².